The van der Waals surface area contributed by atoms with Gasteiger partial charge in [0.25, 0.3) is 0 Å². The lowest BCUT2D eigenvalue weighted by Gasteiger charge is -2.27. The lowest BCUT2D eigenvalue weighted by atomic mass is 9.99. The molecular formula is C47H51N9O9S3. The largest absolute Gasteiger partial charge is 0.497 e. The number of carbonyl (C=O) groups is 1. The Morgan fingerprint density at radius 3 is 1.99 bits per heavy atom. The molecule has 1 fully saturated rings. The number of tetrazole rings is 1. The molecule has 0 saturated carbocycles. The van der Waals surface area contributed by atoms with Gasteiger partial charge in [0.2, 0.25) is 25.9 Å². The number of benzene rings is 5. The topological polar surface area (TPSA) is 223 Å². The van der Waals surface area contributed by atoms with Gasteiger partial charge >= 0.3 is 6.09 Å². The van der Waals surface area contributed by atoms with Crippen molar-refractivity contribution < 1.29 is 40.6 Å². The number of nitrogens with zero attached hydrogens (tertiary/aromatic N) is 7. The molecule has 1 aliphatic rings. The van der Waals surface area contributed by atoms with Crippen molar-refractivity contribution in [3.05, 3.63) is 120 Å². The zero-order chi connectivity index (χ0) is 48.4. The third-order valence-corrected chi connectivity index (χ3v) is 15.5. The first-order valence-corrected chi connectivity index (χ1v) is 25.2. The van der Waals surface area contributed by atoms with Gasteiger partial charge in [-0.2, -0.15) is 9.10 Å². The highest BCUT2D eigenvalue weighted by molar-refractivity contribution is 7.92. The molecule has 21 heteroatoms. The highest BCUT2D eigenvalue weighted by atomic mass is 32.2. The van der Waals surface area contributed by atoms with Gasteiger partial charge in [0.1, 0.15) is 32.6 Å². The van der Waals surface area contributed by atoms with E-state index in [1.807, 2.05) is 18.2 Å². The summed E-state index contributed by atoms with van der Waals surface area (Å²) in [5.41, 5.74) is 8.50. The number of carbonyl (C=O) groups excluding carboxylic acids is 1. The number of sulfonamides is 2. The molecule has 8 rings (SSSR count). The SMILES string of the molecule is COc1ccc(CN(Cc2ccc(OC)cc2)S(=O)(=O)c2c(S(=O)(=O)N[C@@H]3CCN(C(=O)OC(C)(C)C)C3)ccc(-c3ccc4sc(N)nc4c3)c2-c2nnn(Cc3ccc(OC)cc3)n2)cc1. The van der Waals surface area contributed by atoms with Crippen LogP contribution in [0.3, 0.4) is 0 Å². The molecule has 3 N–H and O–H groups in total. The number of likely N-dealkylation sites (tertiary alicyclic amines) is 1. The third kappa shape index (κ3) is 10.7. The number of nitrogens with one attached hydrogen (secondary N) is 1. The standard InChI is InChI=1S/C47H51N9O9S3/c1-47(2,3)65-46(57)54-24-23-34(29-54)52-67(58,59)41-22-20-38(33-13-21-40-39(25-33)49-45(48)66-40)42(44-50-53-56(51-44)28-32-11-18-37(64-6)19-12-32)43(41)68(60,61)55(26-30-7-14-35(62-4)15-8-30)27-31-9-16-36(63-5)17-10-31/h7-22,25,34,52H,23-24,26-29H2,1-6H3,(H2,48,49)/t34-/m1/s1. The van der Waals surface area contributed by atoms with Crippen LogP contribution in [0.25, 0.3) is 32.7 Å². The van der Waals surface area contributed by atoms with Crippen LogP contribution in [0, 0.1) is 0 Å². The maximum absolute atomic E-state index is 16.1. The second-order valence-corrected chi connectivity index (χ2v) is 21.7. The highest BCUT2D eigenvalue weighted by Crippen LogP contribution is 2.42. The molecule has 18 nitrogen and oxygen atoms in total. The molecule has 1 atom stereocenters. The molecule has 1 aliphatic heterocycles. The second kappa shape index (κ2) is 19.5. The maximum atomic E-state index is 16.1. The van der Waals surface area contributed by atoms with Gasteiger partial charge in [-0.1, -0.05) is 59.9 Å². The number of hydrogen-bond donors (Lipinski definition) is 2. The van der Waals surface area contributed by atoms with Crippen molar-refractivity contribution in [1.82, 2.24) is 39.1 Å². The lowest BCUT2D eigenvalue weighted by molar-refractivity contribution is 0.0292. The number of hydrogen-bond acceptors (Lipinski definition) is 15. The molecule has 68 heavy (non-hydrogen) atoms. The minimum Gasteiger partial charge on any atom is -0.497 e. The molecular weight excluding hydrogens is 931 g/mol. The summed E-state index contributed by atoms with van der Waals surface area (Å²) in [5, 5.41) is 13.9. The number of anilines is 1. The van der Waals surface area contributed by atoms with E-state index < -0.39 is 47.6 Å². The smallest absolute Gasteiger partial charge is 0.410 e. The third-order valence-electron chi connectivity index (χ3n) is 11.1. The highest BCUT2D eigenvalue weighted by Gasteiger charge is 2.40. The van der Waals surface area contributed by atoms with E-state index in [4.69, 9.17) is 29.8 Å². The number of amides is 1. The summed E-state index contributed by atoms with van der Waals surface area (Å²) < 4.78 is 88.8. The zero-order valence-electron chi connectivity index (χ0n) is 38.2. The van der Waals surface area contributed by atoms with E-state index in [2.05, 4.69) is 20.0 Å². The number of methoxy groups -OCH3 is 3. The molecule has 0 radical (unpaired) electrons. The van der Waals surface area contributed by atoms with Crippen LogP contribution < -0.4 is 24.7 Å². The Morgan fingerprint density at radius 1 is 0.824 bits per heavy atom. The van der Waals surface area contributed by atoms with Crippen molar-refractivity contribution >= 4 is 52.8 Å². The number of nitrogens with two attached hydrogens (primary N) is 1. The van der Waals surface area contributed by atoms with Crippen LogP contribution in [0.15, 0.2) is 113 Å². The van der Waals surface area contributed by atoms with Gasteiger partial charge < -0.3 is 29.6 Å². The number of rotatable bonds is 16. The number of aromatic nitrogens is 5. The van der Waals surface area contributed by atoms with E-state index in [1.54, 1.807) is 101 Å². The van der Waals surface area contributed by atoms with Crippen molar-refractivity contribution in [2.45, 2.75) is 68.3 Å². The molecule has 1 amide bonds. The molecule has 356 valence electrons. The van der Waals surface area contributed by atoms with E-state index in [1.165, 1.54) is 51.7 Å². The first-order valence-electron chi connectivity index (χ1n) is 21.4. The quantitative estimate of drug-likeness (QED) is 0.100. The Hall–Kier alpha value is -6.65. The summed E-state index contributed by atoms with van der Waals surface area (Å²) in [6.07, 6.45) is -0.352. The van der Waals surface area contributed by atoms with Crippen LogP contribution in [0.4, 0.5) is 9.93 Å². The summed E-state index contributed by atoms with van der Waals surface area (Å²) in [4.78, 5) is 19.1. The van der Waals surface area contributed by atoms with Crippen molar-refractivity contribution in [3.8, 4) is 39.8 Å². The van der Waals surface area contributed by atoms with E-state index in [0.29, 0.717) is 44.6 Å². The van der Waals surface area contributed by atoms with Crippen molar-refractivity contribution in [1.29, 1.82) is 0 Å². The van der Waals surface area contributed by atoms with Gasteiger partial charge in [0, 0.05) is 32.2 Å². The van der Waals surface area contributed by atoms with Gasteiger partial charge in [0.05, 0.1) is 43.7 Å². The second-order valence-electron chi connectivity index (χ2n) is 17.0. The van der Waals surface area contributed by atoms with Crippen LogP contribution in [0.1, 0.15) is 43.9 Å². The van der Waals surface area contributed by atoms with Crippen LogP contribution in [-0.2, 0) is 44.4 Å². The predicted octanol–water partition coefficient (Wildman–Crippen LogP) is 6.95. The molecule has 0 bridgehead atoms. The Bertz CT molecular complexity index is 3110. The monoisotopic (exact) mass is 981 g/mol. The van der Waals surface area contributed by atoms with Gasteiger partial charge in [0.15, 0.2) is 5.13 Å². The van der Waals surface area contributed by atoms with E-state index in [9.17, 15) is 4.79 Å². The maximum Gasteiger partial charge on any atom is 0.410 e. The molecule has 0 aliphatic carbocycles. The average molecular weight is 982 g/mol. The summed E-state index contributed by atoms with van der Waals surface area (Å²) >= 11 is 1.29. The Kier molecular flexibility index (Phi) is 13.7. The minimum atomic E-state index is -4.92. The van der Waals surface area contributed by atoms with Crippen LogP contribution in [0.5, 0.6) is 17.2 Å². The fourth-order valence-corrected chi connectivity index (χ4v) is 12.2. The fraction of sp³-hybridized carbons (Fsp3) is 0.298. The van der Waals surface area contributed by atoms with Crippen molar-refractivity contribution in [2.75, 3.05) is 40.2 Å². The first kappa shape index (κ1) is 47.8. The molecule has 2 aromatic heterocycles. The van der Waals surface area contributed by atoms with E-state index in [-0.39, 0.29) is 56.1 Å². The molecule has 0 unspecified atom stereocenters. The van der Waals surface area contributed by atoms with Gasteiger partial charge in [-0.3, -0.25) is 0 Å². The lowest BCUT2D eigenvalue weighted by Crippen LogP contribution is -2.41. The number of fused-ring (bicyclic) bond motifs is 1. The number of nitrogen functional groups attached to an aromatic ring is 1. The summed E-state index contributed by atoms with van der Waals surface area (Å²) in [7, 11) is -5.03. The van der Waals surface area contributed by atoms with Gasteiger partial charge in [-0.05, 0) is 115 Å². The normalized spacial score (nSPS) is 14.4. The summed E-state index contributed by atoms with van der Waals surface area (Å²) in [5.74, 6) is 1.61. The van der Waals surface area contributed by atoms with Gasteiger partial charge in [-0.25, -0.2) is 31.3 Å². The number of thiazole rings is 1. The number of ether oxygens (including phenoxy) is 4. The molecule has 5 aromatic carbocycles. The molecule has 3 heterocycles. The van der Waals surface area contributed by atoms with Crippen molar-refractivity contribution in [2.24, 2.45) is 0 Å². The fourth-order valence-electron chi connectivity index (χ4n) is 7.77. The van der Waals surface area contributed by atoms with Crippen LogP contribution in [0.2, 0.25) is 0 Å². The van der Waals surface area contributed by atoms with E-state index >= 15 is 16.8 Å². The van der Waals surface area contributed by atoms with E-state index in [0.717, 1.165) is 10.3 Å². The van der Waals surface area contributed by atoms with Crippen LogP contribution >= 0.6 is 11.3 Å². The Balaban J connectivity index is 1.33. The average Bonchev–Trinajstić information content (AvgIpc) is 4.08. The Morgan fingerprint density at radius 2 is 1.41 bits per heavy atom. The summed E-state index contributed by atoms with van der Waals surface area (Å²) in [6, 6.07) is 28.4. The van der Waals surface area contributed by atoms with Crippen molar-refractivity contribution in [3.63, 3.8) is 0 Å². The van der Waals surface area contributed by atoms with Gasteiger partial charge in [-0.15, -0.1) is 10.2 Å². The Labute approximate surface area is 398 Å². The molecule has 7 aromatic rings. The summed E-state index contributed by atoms with van der Waals surface area (Å²) in [6.45, 7) is 5.18. The molecule has 0 spiro atoms. The molecule has 1 saturated heterocycles. The zero-order valence-corrected chi connectivity index (χ0v) is 40.7. The first-order chi connectivity index (χ1) is 32.4. The van der Waals surface area contributed by atoms with Crippen LogP contribution in [-0.4, -0.2) is 103 Å². The predicted molar refractivity (Wildman–Crippen MR) is 257 cm³/mol. The minimum absolute atomic E-state index is 0.0136.